The average Bonchev–Trinajstić information content (AvgIpc) is 1.98. The van der Waals surface area contributed by atoms with Gasteiger partial charge < -0.3 is 9.84 Å². The fourth-order valence-corrected chi connectivity index (χ4v) is 0.489. The van der Waals surface area contributed by atoms with Gasteiger partial charge in [0.15, 0.2) is 0 Å². The Morgan fingerprint density at radius 2 is 2.50 bits per heavy atom. The molecule has 0 bridgehead atoms. The molecule has 0 amide bonds. The molecular formula is C4H5FO3. The van der Waals surface area contributed by atoms with Crippen LogP contribution in [0.5, 0.6) is 0 Å². The SMILES string of the molecule is O=C1OC[C@H](O)[C@H]1F. The van der Waals surface area contributed by atoms with Gasteiger partial charge >= 0.3 is 5.97 Å². The molecule has 1 heterocycles. The van der Waals surface area contributed by atoms with Gasteiger partial charge in [0.25, 0.3) is 0 Å². The Bertz CT molecular complexity index is 114. The number of cyclic esters (lactones) is 1. The first kappa shape index (κ1) is 5.50. The predicted molar refractivity (Wildman–Crippen MR) is 21.9 cm³/mol. The van der Waals surface area contributed by atoms with Crippen molar-refractivity contribution >= 4 is 5.97 Å². The normalized spacial score (nSPS) is 37.5. The molecule has 1 aliphatic rings. The maximum atomic E-state index is 12.0. The summed E-state index contributed by atoms with van der Waals surface area (Å²) >= 11 is 0. The van der Waals surface area contributed by atoms with Crippen molar-refractivity contribution < 1.29 is 19.0 Å². The Balaban J connectivity index is 2.56. The molecule has 0 aromatic rings. The summed E-state index contributed by atoms with van der Waals surface area (Å²) in [5.74, 6) is -0.961. The van der Waals surface area contributed by atoms with Gasteiger partial charge in [-0.25, -0.2) is 9.18 Å². The van der Waals surface area contributed by atoms with Crippen LogP contribution in [-0.4, -0.2) is 30.0 Å². The second-order valence-corrected chi connectivity index (χ2v) is 1.60. The summed E-state index contributed by atoms with van der Waals surface area (Å²) in [6, 6.07) is 0. The third-order valence-electron chi connectivity index (χ3n) is 0.959. The molecular weight excluding hydrogens is 115 g/mol. The van der Waals surface area contributed by atoms with Gasteiger partial charge in [0, 0.05) is 0 Å². The van der Waals surface area contributed by atoms with E-state index in [0.717, 1.165) is 0 Å². The molecule has 2 atom stereocenters. The number of hydrogen-bond acceptors (Lipinski definition) is 3. The number of ether oxygens (including phenoxy) is 1. The van der Waals surface area contributed by atoms with Crippen LogP contribution >= 0.6 is 0 Å². The van der Waals surface area contributed by atoms with Crippen molar-refractivity contribution in [2.75, 3.05) is 6.61 Å². The molecule has 0 aromatic heterocycles. The van der Waals surface area contributed by atoms with E-state index in [-0.39, 0.29) is 6.61 Å². The molecule has 4 heteroatoms. The number of esters is 1. The van der Waals surface area contributed by atoms with E-state index in [9.17, 15) is 9.18 Å². The Morgan fingerprint density at radius 3 is 2.62 bits per heavy atom. The lowest BCUT2D eigenvalue weighted by Gasteiger charge is -1.94. The van der Waals surface area contributed by atoms with Crippen molar-refractivity contribution in [3.05, 3.63) is 0 Å². The number of aliphatic hydroxyl groups excluding tert-OH is 1. The first-order valence-electron chi connectivity index (χ1n) is 2.20. The number of rotatable bonds is 0. The fourth-order valence-electron chi connectivity index (χ4n) is 0.489. The molecule has 0 spiro atoms. The molecule has 8 heavy (non-hydrogen) atoms. The van der Waals surface area contributed by atoms with Crippen LogP contribution in [0.4, 0.5) is 4.39 Å². The van der Waals surface area contributed by atoms with E-state index in [0.29, 0.717) is 0 Å². The van der Waals surface area contributed by atoms with Crippen molar-refractivity contribution in [1.29, 1.82) is 0 Å². The summed E-state index contributed by atoms with van der Waals surface area (Å²) in [5, 5.41) is 8.45. The number of carbonyl (C=O) groups excluding carboxylic acids is 1. The first-order valence-corrected chi connectivity index (χ1v) is 2.20. The Hall–Kier alpha value is -0.640. The molecule has 1 aliphatic heterocycles. The molecule has 1 rings (SSSR count). The van der Waals surface area contributed by atoms with Crippen LogP contribution in [0.15, 0.2) is 0 Å². The lowest BCUT2D eigenvalue weighted by Crippen LogP contribution is -2.21. The fraction of sp³-hybridized carbons (Fsp3) is 0.750. The zero-order chi connectivity index (χ0) is 6.15. The number of alkyl halides is 1. The van der Waals surface area contributed by atoms with E-state index in [2.05, 4.69) is 4.74 Å². The van der Waals surface area contributed by atoms with E-state index in [1.165, 1.54) is 0 Å². The minimum atomic E-state index is -1.82. The van der Waals surface area contributed by atoms with E-state index >= 15 is 0 Å². The number of aliphatic hydroxyl groups is 1. The summed E-state index contributed by atoms with van der Waals surface area (Å²) in [4.78, 5) is 10.0. The van der Waals surface area contributed by atoms with Gasteiger partial charge in [0.2, 0.25) is 6.17 Å². The van der Waals surface area contributed by atoms with Crippen LogP contribution in [0.25, 0.3) is 0 Å². The van der Waals surface area contributed by atoms with Crippen LogP contribution in [-0.2, 0) is 9.53 Å². The van der Waals surface area contributed by atoms with Crippen molar-refractivity contribution in [2.24, 2.45) is 0 Å². The van der Waals surface area contributed by atoms with Gasteiger partial charge in [-0.2, -0.15) is 0 Å². The van der Waals surface area contributed by atoms with Gasteiger partial charge in [0.05, 0.1) is 0 Å². The lowest BCUT2D eigenvalue weighted by molar-refractivity contribution is -0.142. The lowest BCUT2D eigenvalue weighted by atomic mass is 10.3. The molecule has 1 saturated heterocycles. The summed E-state index contributed by atoms with van der Waals surface area (Å²) in [7, 11) is 0. The van der Waals surface area contributed by atoms with Gasteiger partial charge in [0.1, 0.15) is 12.7 Å². The van der Waals surface area contributed by atoms with Crippen molar-refractivity contribution in [3.63, 3.8) is 0 Å². The van der Waals surface area contributed by atoms with Crippen LogP contribution in [0.2, 0.25) is 0 Å². The highest BCUT2D eigenvalue weighted by molar-refractivity contribution is 5.77. The molecule has 1 N–H and O–H groups in total. The largest absolute Gasteiger partial charge is 0.461 e. The molecule has 0 aromatic carbocycles. The van der Waals surface area contributed by atoms with Crippen LogP contribution in [0, 0.1) is 0 Å². The Morgan fingerprint density at radius 1 is 1.88 bits per heavy atom. The first-order chi connectivity index (χ1) is 3.72. The van der Waals surface area contributed by atoms with E-state index in [1.807, 2.05) is 0 Å². The van der Waals surface area contributed by atoms with Crippen molar-refractivity contribution in [3.8, 4) is 0 Å². The monoisotopic (exact) mass is 120 g/mol. The molecule has 0 aliphatic carbocycles. The standard InChI is InChI=1S/C4H5FO3/c5-3-2(6)1-8-4(3)7/h2-3,6H,1H2/t2-,3+/m0/s1. The summed E-state index contributed by atoms with van der Waals surface area (Å²) in [5.41, 5.74) is 0. The average molecular weight is 120 g/mol. The summed E-state index contributed by atoms with van der Waals surface area (Å²) in [6.07, 6.45) is -3.07. The topological polar surface area (TPSA) is 46.5 Å². The van der Waals surface area contributed by atoms with E-state index < -0.39 is 18.2 Å². The number of carbonyl (C=O) groups is 1. The van der Waals surface area contributed by atoms with Gasteiger partial charge in [-0.15, -0.1) is 0 Å². The minimum absolute atomic E-state index is 0.208. The third kappa shape index (κ3) is 0.667. The van der Waals surface area contributed by atoms with Crippen molar-refractivity contribution in [1.82, 2.24) is 0 Å². The van der Waals surface area contributed by atoms with Crippen LogP contribution < -0.4 is 0 Å². The maximum Gasteiger partial charge on any atom is 0.343 e. The number of halogens is 1. The smallest absolute Gasteiger partial charge is 0.343 e. The highest BCUT2D eigenvalue weighted by atomic mass is 19.1. The Kier molecular flexibility index (Phi) is 1.17. The van der Waals surface area contributed by atoms with E-state index in [4.69, 9.17) is 5.11 Å². The van der Waals surface area contributed by atoms with Gasteiger partial charge in [-0.3, -0.25) is 0 Å². The zero-order valence-electron chi connectivity index (χ0n) is 4.00. The summed E-state index contributed by atoms with van der Waals surface area (Å²) in [6.45, 7) is -0.208. The second kappa shape index (κ2) is 1.70. The third-order valence-corrected chi connectivity index (χ3v) is 0.959. The molecule has 3 nitrogen and oxygen atoms in total. The minimum Gasteiger partial charge on any atom is -0.461 e. The maximum absolute atomic E-state index is 12.0. The van der Waals surface area contributed by atoms with Crippen molar-refractivity contribution in [2.45, 2.75) is 12.3 Å². The Labute approximate surface area is 45.1 Å². The molecule has 46 valence electrons. The summed E-state index contributed by atoms with van der Waals surface area (Å²) < 4.78 is 16.1. The van der Waals surface area contributed by atoms with Crippen LogP contribution in [0.1, 0.15) is 0 Å². The molecule has 0 saturated carbocycles. The van der Waals surface area contributed by atoms with Gasteiger partial charge in [-0.05, 0) is 0 Å². The van der Waals surface area contributed by atoms with Crippen LogP contribution in [0.3, 0.4) is 0 Å². The number of hydrogen-bond donors (Lipinski definition) is 1. The molecule has 1 fully saturated rings. The second-order valence-electron chi connectivity index (χ2n) is 1.60. The zero-order valence-corrected chi connectivity index (χ0v) is 4.00. The quantitative estimate of drug-likeness (QED) is 0.427. The molecule has 0 unspecified atom stereocenters. The molecule has 0 radical (unpaired) electrons. The highest BCUT2D eigenvalue weighted by Gasteiger charge is 2.35. The van der Waals surface area contributed by atoms with E-state index in [1.54, 1.807) is 0 Å². The highest BCUT2D eigenvalue weighted by Crippen LogP contribution is 2.09. The predicted octanol–water partition coefficient (Wildman–Crippen LogP) is -0.758. The van der Waals surface area contributed by atoms with Gasteiger partial charge in [-0.1, -0.05) is 0 Å².